The number of likely N-dealkylation sites (N-methyl/N-ethyl adjacent to an activating group) is 1. The molecule has 6 rings (SSSR count). The average molecular weight is 382 g/mol. The lowest BCUT2D eigenvalue weighted by molar-refractivity contribution is 0.291. The highest BCUT2D eigenvalue weighted by atomic mass is 32.1. The number of rotatable bonds is 4. The van der Waals surface area contributed by atoms with Crippen molar-refractivity contribution in [2.24, 2.45) is 0 Å². The fourth-order valence-corrected chi connectivity index (χ4v) is 5.38. The highest BCUT2D eigenvalue weighted by Crippen LogP contribution is 2.40. The van der Waals surface area contributed by atoms with Gasteiger partial charge < -0.3 is 10.2 Å². The van der Waals surface area contributed by atoms with Crippen LogP contribution in [0.25, 0.3) is 10.2 Å². The van der Waals surface area contributed by atoms with Crippen LogP contribution in [0.3, 0.4) is 0 Å². The summed E-state index contributed by atoms with van der Waals surface area (Å²) in [5, 5.41) is 11.1. The quantitative estimate of drug-likeness (QED) is 0.723. The predicted molar refractivity (Wildman–Crippen MR) is 108 cm³/mol. The third-order valence-electron chi connectivity index (χ3n) is 6.12. The van der Waals surface area contributed by atoms with Gasteiger partial charge in [0.1, 0.15) is 0 Å². The van der Waals surface area contributed by atoms with Crippen LogP contribution in [0.2, 0.25) is 0 Å². The molecule has 0 aromatic carbocycles. The maximum absolute atomic E-state index is 4.95. The molecule has 0 amide bonds. The molecule has 2 bridgehead atoms. The molecule has 0 unspecified atom stereocenters. The van der Waals surface area contributed by atoms with Crippen LogP contribution in [-0.4, -0.2) is 57.3 Å². The van der Waals surface area contributed by atoms with Crippen molar-refractivity contribution in [3.05, 3.63) is 22.7 Å². The van der Waals surface area contributed by atoms with Gasteiger partial charge in [0.2, 0.25) is 5.95 Å². The first-order valence-electron chi connectivity index (χ1n) is 9.71. The number of likely N-dealkylation sites (tertiary alicyclic amines) is 1. The maximum atomic E-state index is 4.95. The van der Waals surface area contributed by atoms with Crippen molar-refractivity contribution in [3.8, 4) is 0 Å². The van der Waals surface area contributed by atoms with Crippen molar-refractivity contribution in [2.75, 3.05) is 30.4 Å². The largest absolute Gasteiger partial charge is 0.335 e. The average Bonchev–Trinajstić information content (AvgIpc) is 2.97. The highest BCUT2D eigenvalue weighted by Gasteiger charge is 2.42. The molecule has 3 aromatic heterocycles. The Hall–Kier alpha value is -2.19. The first kappa shape index (κ1) is 15.8. The van der Waals surface area contributed by atoms with Gasteiger partial charge in [0.25, 0.3) is 0 Å². The lowest BCUT2D eigenvalue weighted by Gasteiger charge is -2.32. The summed E-state index contributed by atoms with van der Waals surface area (Å²) < 4.78 is 1.11. The summed E-state index contributed by atoms with van der Waals surface area (Å²) in [6.07, 6.45) is 3.74. The smallest absolute Gasteiger partial charge is 0.228 e. The minimum atomic E-state index is 0.525. The highest BCUT2D eigenvalue weighted by molar-refractivity contribution is 7.19. The molecule has 0 spiro atoms. The zero-order valence-corrected chi connectivity index (χ0v) is 16.4. The van der Waals surface area contributed by atoms with Crippen molar-refractivity contribution in [3.63, 3.8) is 0 Å². The number of aromatic amines is 1. The SMILES string of the molecule is Cc1cc2nc(N3C[C@@H]4C[C@H]3CN4C)nc(Nc3cc(C4CC4)[nH]n3)c2s1. The van der Waals surface area contributed by atoms with Crippen molar-refractivity contribution >= 4 is 39.1 Å². The van der Waals surface area contributed by atoms with Crippen LogP contribution in [0, 0.1) is 6.92 Å². The summed E-state index contributed by atoms with van der Waals surface area (Å²) in [6.45, 7) is 4.24. The fraction of sp³-hybridized carbons (Fsp3) is 0.526. The Morgan fingerprint density at radius 1 is 1.19 bits per heavy atom. The van der Waals surface area contributed by atoms with Crippen LogP contribution in [0.4, 0.5) is 17.6 Å². The zero-order valence-electron chi connectivity index (χ0n) is 15.6. The van der Waals surface area contributed by atoms with Gasteiger partial charge in [0, 0.05) is 47.7 Å². The molecular weight excluding hydrogens is 358 g/mol. The first-order valence-corrected chi connectivity index (χ1v) is 10.5. The summed E-state index contributed by atoms with van der Waals surface area (Å²) in [4.78, 5) is 16.0. The van der Waals surface area contributed by atoms with E-state index in [0.717, 1.165) is 40.9 Å². The van der Waals surface area contributed by atoms with Gasteiger partial charge in [-0.05, 0) is 39.3 Å². The van der Waals surface area contributed by atoms with E-state index in [1.54, 1.807) is 11.3 Å². The third kappa shape index (κ3) is 2.62. The van der Waals surface area contributed by atoms with Gasteiger partial charge in [0.05, 0.1) is 10.2 Å². The lowest BCUT2D eigenvalue weighted by Crippen LogP contribution is -2.45. The van der Waals surface area contributed by atoms with Gasteiger partial charge in [-0.3, -0.25) is 10.00 Å². The Labute approximate surface area is 161 Å². The number of piperazine rings is 1. The van der Waals surface area contributed by atoms with Crippen molar-refractivity contribution in [1.82, 2.24) is 25.1 Å². The van der Waals surface area contributed by atoms with Gasteiger partial charge in [-0.1, -0.05) is 0 Å². The van der Waals surface area contributed by atoms with Crippen LogP contribution >= 0.6 is 11.3 Å². The molecule has 7 nitrogen and oxygen atoms in total. The summed E-state index contributed by atoms with van der Waals surface area (Å²) in [5.41, 5.74) is 2.25. The van der Waals surface area contributed by atoms with E-state index in [1.807, 2.05) is 0 Å². The summed E-state index contributed by atoms with van der Waals surface area (Å²) in [5.74, 6) is 3.23. The Morgan fingerprint density at radius 2 is 2.07 bits per heavy atom. The zero-order chi connectivity index (χ0) is 18.1. The molecule has 2 N–H and O–H groups in total. The molecule has 140 valence electrons. The lowest BCUT2D eigenvalue weighted by atomic mass is 10.2. The second-order valence-corrected chi connectivity index (χ2v) is 9.44. The summed E-state index contributed by atoms with van der Waals surface area (Å²) >= 11 is 1.74. The van der Waals surface area contributed by atoms with Gasteiger partial charge in [-0.2, -0.15) is 10.1 Å². The Balaban J connectivity index is 1.37. The Kier molecular flexibility index (Phi) is 3.31. The number of aryl methyl sites for hydroxylation is 1. The molecule has 1 aliphatic carbocycles. The van der Waals surface area contributed by atoms with Crippen LogP contribution in [0.5, 0.6) is 0 Å². The summed E-state index contributed by atoms with van der Waals surface area (Å²) in [6, 6.07) is 5.44. The predicted octanol–water partition coefficient (Wildman–Crippen LogP) is 3.24. The van der Waals surface area contributed by atoms with E-state index in [1.165, 1.54) is 29.8 Å². The minimum Gasteiger partial charge on any atom is -0.335 e. The maximum Gasteiger partial charge on any atom is 0.228 e. The van der Waals surface area contributed by atoms with E-state index in [2.05, 4.69) is 51.4 Å². The molecule has 2 atom stereocenters. The van der Waals surface area contributed by atoms with Crippen LogP contribution in [-0.2, 0) is 0 Å². The van der Waals surface area contributed by atoms with Crippen LogP contribution < -0.4 is 10.2 Å². The van der Waals surface area contributed by atoms with Crippen molar-refractivity contribution in [1.29, 1.82) is 0 Å². The normalized spacial score (nSPS) is 25.0. The molecule has 3 aromatic rings. The molecule has 1 saturated carbocycles. The van der Waals surface area contributed by atoms with Crippen molar-refractivity contribution < 1.29 is 0 Å². The van der Waals surface area contributed by atoms with E-state index >= 15 is 0 Å². The van der Waals surface area contributed by atoms with Gasteiger partial charge in [0.15, 0.2) is 11.6 Å². The summed E-state index contributed by atoms with van der Waals surface area (Å²) in [7, 11) is 2.22. The number of anilines is 3. The second-order valence-electron chi connectivity index (χ2n) is 8.19. The third-order valence-corrected chi connectivity index (χ3v) is 7.16. The van der Waals surface area contributed by atoms with Crippen LogP contribution in [0.15, 0.2) is 12.1 Å². The standard InChI is InChI=1S/C19H23N7S/c1-10-5-15-17(27-10)18(21-16-7-14(23-24-16)11-3-4-11)22-19(20-15)26-9-12-6-13(26)8-25(12)2/h5,7,11-13H,3-4,6,8-9H2,1-2H3,(H2,20,21,22,23,24)/t12-,13-/m0/s1. The number of nitrogens with zero attached hydrogens (tertiary/aromatic N) is 5. The number of fused-ring (bicyclic) bond motifs is 3. The van der Waals surface area contributed by atoms with E-state index < -0.39 is 0 Å². The van der Waals surface area contributed by atoms with Gasteiger partial charge in [-0.15, -0.1) is 11.3 Å². The monoisotopic (exact) mass is 381 g/mol. The Morgan fingerprint density at radius 3 is 2.81 bits per heavy atom. The Bertz CT molecular complexity index is 1020. The number of hydrogen-bond donors (Lipinski definition) is 2. The van der Waals surface area contributed by atoms with E-state index in [-0.39, 0.29) is 0 Å². The van der Waals surface area contributed by atoms with Crippen LogP contribution in [0.1, 0.15) is 35.8 Å². The molecule has 3 fully saturated rings. The van der Waals surface area contributed by atoms with Gasteiger partial charge in [-0.25, -0.2) is 4.98 Å². The second kappa shape index (κ2) is 5.65. The number of H-pyrrole nitrogens is 1. The molecule has 5 heterocycles. The van der Waals surface area contributed by atoms with E-state index in [4.69, 9.17) is 9.97 Å². The molecule has 3 aliphatic rings. The van der Waals surface area contributed by atoms with Gasteiger partial charge >= 0.3 is 0 Å². The number of hydrogen-bond acceptors (Lipinski definition) is 7. The number of thiophene rings is 1. The molecule has 0 radical (unpaired) electrons. The fourth-order valence-electron chi connectivity index (χ4n) is 4.49. The number of aromatic nitrogens is 4. The first-order chi connectivity index (χ1) is 13.1. The van der Waals surface area contributed by atoms with Crippen molar-refractivity contribution in [2.45, 2.75) is 44.2 Å². The topological polar surface area (TPSA) is 73.0 Å². The van der Waals surface area contributed by atoms with E-state index in [0.29, 0.717) is 18.0 Å². The minimum absolute atomic E-state index is 0.525. The molecular formula is C19H23N7S. The molecule has 2 aliphatic heterocycles. The molecule has 8 heteroatoms. The number of nitrogens with one attached hydrogen (secondary N) is 2. The molecule has 27 heavy (non-hydrogen) atoms. The van der Waals surface area contributed by atoms with E-state index in [9.17, 15) is 0 Å². The molecule has 2 saturated heterocycles.